The van der Waals surface area contributed by atoms with E-state index in [-0.39, 0.29) is 5.91 Å². The summed E-state index contributed by atoms with van der Waals surface area (Å²) >= 11 is 0. The minimum Gasteiger partial charge on any atom is -0.550 e. The van der Waals surface area contributed by atoms with Gasteiger partial charge < -0.3 is 19.5 Å². The molecule has 6 nitrogen and oxygen atoms in total. The minimum atomic E-state index is -1.22. The van der Waals surface area contributed by atoms with Gasteiger partial charge in [-0.25, -0.2) is 0 Å². The van der Waals surface area contributed by atoms with Crippen LogP contribution < -0.4 is 5.11 Å². The molecule has 1 amide bonds. The highest BCUT2D eigenvalue weighted by atomic mass is 16.5. The van der Waals surface area contributed by atoms with Crippen molar-refractivity contribution in [3.63, 3.8) is 0 Å². The molecule has 1 aromatic rings. The molecule has 0 aromatic carbocycles. The van der Waals surface area contributed by atoms with Crippen molar-refractivity contribution in [2.75, 3.05) is 6.54 Å². The van der Waals surface area contributed by atoms with Gasteiger partial charge >= 0.3 is 0 Å². The quantitative estimate of drug-likeness (QED) is 0.673. The molecule has 4 atom stereocenters. The number of nitrogens with zero attached hydrogens (tertiary/aromatic N) is 2. The summed E-state index contributed by atoms with van der Waals surface area (Å²) < 4.78 is 5.78. The van der Waals surface area contributed by atoms with Crippen LogP contribution in [0.4, 0.5) is 0 Å². The number of carbonyl (C=O) groups excluding carboxylic acids is 2. The number of rotatable bonds is 3. The van der Waals surface area contributed by atoms with Gasteiger partial charge in [-0.3, -0.25) is 9.78 Å². The van der Waals surface area contributed by atoms with E-state index in [0.717, 1.165) is 5.69 Å². The summed E-state index contributed by atoms with van der Waals surface area (Å²) in [7, 11) is 0. The lowest BCUT2D eigenvalue weighted by Crippen LogP contribution is -2.45. The topological polar surface area (TPSA) is 82.6 Å². The maximum atomic E-state index is 12.6. The van der Waals surface area contributed by atoms with Gasteiger partial charge in [0.05, 0.1) is 30.8 Å². The first-order chi connectivity index (χ1) is 10.1. The van der Waals surface area contributed by atoms with E-state index in [0.29, 0.717) is 13.1 Å². The number of carboxylic acids is 1. The maximum Gasteiger partial charge on any atom is 0.230 e. The van der Waals surface area contributed by atoms with Crippen LogP contribution in [0.1, 0.15) is 5.69 Å². The minimum absolute atomic E-state index is 0.193. The number of carbonyl (C=O) groups is 2. The number of aromatic nitrogens is 1. The molecule has 1 spiro atoms. The first-order valence-corrected chi connectivity index (χ1v) is 6.87. The zero-order chi connectivity index (χ0) is 14.6. The third-order valence-corrected chi connectivity index (χ3v) is 4.53. The predicted octanol–water partition coefficient (Wildman–Crippen LogP) is -0.887. The first-order valence-electron chi connectivity index (χ1n) is 6.87. The summed E-state index contributed by atoms with van der Waals surface area (Å²) in [5.74, 6) is -2.98. The Kier molecular flexibility index (Phi) is 2.47. The predicted molar refractivity (Wildman–Crippen MR) is 68.4 cm³/mol. The lowest BCUT2D eigenvalue weighted by atomic mass is 9.77. The molecule has 4 heterocycles. The Balaban J connectivity index is 1.63. The molecule has 21 heavy (non-hydrogen) atoms. The van der Waals surface area contributed by atoms with E-state index in [1.165, 1.54) is 0 Å². The van der Waals surface area contributed by atoms with Crippen LogP contribution in [0.2, 0.25) is 0 Å². The summed E-state index contributed by atoms with van der Waals surface area (Å²) in [6.07, 6.45) is 4.69. The summed E-state index contributed by atoms with van der Waals surface area (Å²) in [4.78, 5) is 29.7. The second-order valence-electron chi connectivity index (χ2n) is 5.73. The van der Waals surface area contributed by atoms with Crippen LogP contribution in [-0.4, -0.2) is 40.0 Å². The molecule has 6 heteroatoms. The molecule has 108 valence electrons. The van der Waals surface area contributed by atoms with Gasteiger partial charge in [-0.2, -0.15) is 0 Å². The third kappa shape index (κ3) is 1.65. The lowest BCUT2D eigenvalue weighted by molar-refractivity contribution is -0.313. The number of amides is 1. The largest absolute Gasteiger partial charge is 0.550 e. The standard InChI is InChI=1S/C15H14N2O4/c18-13-12-11(14(19)20)10-4-5-15(12,21-10)8-17(13)7-9-3-1-2-6-16-9/h1-6,10-12H,7-8H2,(H,19,20)/p-1/t10-,11+,12-,15+/m0/s1. The lowest BCUT2D eigenvalue weighted by Gasteiger charge is -2.24. The van der Waals surface area contributed by atoms with Crippen molar-refractivity contribution >= 4 is 11.9 Å². The smallest absolute Gasteiger partial charge is 0.230 e. The Morgan fingerprint density at radius 2 is 2.38 bits per heavy atom. The highest BCUT2D eigenvalue weighted by molar-refractivity contribution is 5.90. The van der Waals surface area contributed by atoms with Crippen molar-refractivity contribution < 1.29 is 19.4 Å². The molecule has 0 radical (unpaired) electrons. The van der Waals surface area contributed by atoms with Crippen LogP contribution in [0, 0.1) is 11.8 Å². The SMILES string of the molecule is O=C([O-])[C@@H]1[C@@H]2C=C[C@]3(CN(Cc4ccccn4)C(=O)[C@H]13)O2. The zero-order valence-electron chi connectivity index (χ0n) is 11.1. The molecule has 2 bridgehead atoms. The van der Waals surface area contributed by atoms with Gasteiger partial charge in [0, 0.05) is 18.1 Å². The Morgan fingerprint density at radius 1 is 1.52 bits per heavy atom. The number of pyridine rings is 1. The van der Waals surface area contributed by atoms with Crippen molar-refractivity contribution in [3.05, 3.63) is 42.2 Å². The molecule has 0 unspecified atom stereocenters. The van der Waals surface area contributed by atoms with Gasteiger partial charge in [-0.15, -0.1) is 0 Å². The summed E-state index contributed by atoms with van der Waals surface area (Å²) in [5, 5.41) is 11.3. The van der Waals surface area contributed by atoms with Gasteiger partial charge in [0.1, 0.15) is 5.60 Å². The van der Waals surface area contributed by atoms with Gasteiger partial charge in [0.2, 0.25) is 5.91 Å². The summed E-state index contributed by atoms with van der Waals surface area (Å²) in [5.41, 5.74) is -0.0351. The number of hydrogen-bond acceptors (Lipinski definition) is 5. The molecule has 0 N–H and O–H groups in total. The molecular weight excluding hydrogens is 272 g/mol. The van der Waals surface area contributed by atoms with E-state index < -0.39 is 29.5 Å². The number of aliphatic carboxylic acids is 1. The Hall–Kier alpha value is -2.21. The second-order valence-corrected chi connectivity index (χ2v) is 5.73. The Morgan fingerprint density at radius 3 is 3.10 bits per heavy atom. The summed E-state index contributed by atoms with van der Waals surface area (Å²) in [6, 6.07) is 5.50. The fourth-order valence-electron chi connectivity index (χ4n) is 3.67. The average Bonchev–Trinajstić information content (AvgIpc) is 3.09. The average molecular weight is 285 g/mol. The van der Waals surface area contributed by atoms with E-state index in [9.17, 15) is 14.7 Å². The van der Waals surface area contributed by atoms with Crippen LogP contribution >= 0.6 is 0 Å². The molecular formula is C15H13N2O4-. The Bertz CT molecular complexity index is 644. The molecule has 2 saturated heterocycles. The normalized spacial score (nSPS) is 36.3. The van der Waals surface area contributed by atoms with Crippen molar-refractivity contribution in [2.24, 2.45) is 11.8 Å². The fraction of sp³-hybridized carbons (Fsp3) is 0.400. The van der Waals surface area contributed by atoms with Crippen molar-refractivity contribution in [2.45, 2.75) is 18.2 Å². The van der Waals surface area contributed by atoms with Crippen molar-refractivity contribution in [1.82, 2.24) is 9.88 Å². The number of hydrogen-bond donors (Lipinski definition) is 0. The van der Waals surface area contributed by atoms with Crippen molar-refractivity contribution in [3.8, 4) is 0 Å². The fourth-order valence-corrected chi connectivity index (χ4v) is 3.67. The van der Waals surface area contributed by atoms with E-state index in [1.54, 1.807) is 17.2 Å². The first kappa shape index (κ1) is 12.5. The highest BCUT2D eigenvalue weighted by Crippen LogP contribution is 2.51. The highest BCUT2D eigenvalue weighted by Gasteiger charge is 2.65. The van der Waals surface area contributed by atoms with Gasteiger partial charge in [0.15, 0.2) is 0 Å². The molecule has 2 fully saturated rings. The van der Waals surface area contributed by atoms with E-state index >= 15 is 0 Å². The number of fused-ring (bicyclic) bond motifs is 1. The second kappa shape index (κ2) is 4.14. The Labute approximate surface area is 121 Å². The van der Waals surface area contributed by atoms with E-state index in [4.69, 9.17) is 4.74 Å². The number of ether oxygens (including phenoxy) is 1. The zero-order valence-corrected chi connectivity index (χ0v) is 11.1. The van der Waals surface area contributed by atoms with Gasteiger partial charge in [0.25, 0.3) is 0 Å². The molecule has 0 saturated carbocycles. The molecule has 0 aliphatic carbocycles. The van der Waals surface area contributed by atoms with Crippen LogP contribution in [0.15, 0.2) is 36.5 Å². The number of carboxylic acid groups (broad SMARTS) is 1. The monoisotopic (exact) mass is 285 g/mol. The molecule has 3 aliphatic rings. The summed E-state index contributed by atoms with van der Waals surface area (Å²) in [6.45, 7) is 0.726. The van der Waals surface area contributed by atoms with Crippen LogP contribution in [0.3, 0.4) is 0 Å². The molecule has 1 aromatic heterocycles. The van der Waals surface area contributed by atoms with Crippen LogP contribution in [0.25, 0.3) is 0 Å². The van der Waals surface area contributed by atoms with E-state index in [1.807, 2.05) is 24.3 Å². The van der Waals surface area contributed by atoms with E-state index in [2.05, 4.69) is 4.98 Å². The number of likely N-dealkylation sites (tertiary alicyclic amines) is 1. The van der Waals surface area contributed by atoms with Crippen molar-refractivity contribution in [1.29, 1.82) is 0 Å². The van der Waals surface area contributed by atoms with Crippen LogP contribution in [0.5, 0.6) is 0 Å². The van der Waals surface area contributed by atoms with Gasteiger partial charge in [-0.1, -0.05) is 18.2 Å². The molecule has 4 rings (SSSR count). The molecule has 3 aliphatic heterocycles. The maximum absolute atomic E-state index is 12.6. The van der Waals surface area contributed by atoms with Gasteiger partial charge in [-0.05, 0) is 12.1 Å². The van der Waals surface area contributed by atoms with Crippen LogP contribution in [-0.2, 0) is 20.9 Å². The third-order valence-electron chi connectivity index (χ3n) is 4.53.